The van der Waals surface area contributed by atoms with Crippen molar-refractivity contribution in [1.82, 2.24) is 0 Å². The third-order valence-electron chi connectivity index (χ3n) is 2.92. The molecule has 2 aromatic carbocycles. The van der Waals surface area contributed by atoms with Crippen LogP contribution in [0.25, 0.3) is 0 Å². The average molecular weight is 333 g/mol. The van der Waals surface area contributed by atoms with Crippen molar-refractivity contribution < 1.29 is 14.3 Å². The van der Waals surface area contributed by atoms with Crippen LogP contribution in [0, 0.1) is 0 Å². The molecule has 0 saturated heterocycles. The lowest BCUT2D eigenvalue weighted by molar-refractivity contribution is -0.145. The number of carbonyl (C=O) groups is 2. The Labute approximate surface area is 139 Å². The lowest BCUT2D eigenvalue weighted by atomic mass is 10.2. The summed E-state index contributed by atoms with van der Waals surface area (Å²) in [7, 11) is 0. The van der Waals surface area contributed by atoms with Gasteiger partial charge in [0.05, 0.1) is 18.0 Å². The molecule has 0 heterocycles. The van der Waals surface area contributed by atoms with Gasteiger partial charge in [-0.05, 0) is 37.3 Å². The van der Waals surface area contributed by atoms with Crippen LogP contribution < -0.4 is 10.6 Å². The molecular weight excluding hydrogens is 316 g/mol. The van der Waals surface area contributed by atoms with Crippen molar-refractivity contribution in [3.05, 3.63) is 53.6 Å². The van der Waals surface area contributed by atoms with Gasteiger partial charge in [0.25, 0.3) is 0 Å². The van der Waals surface area contributed by atoms with Gasteiger partial charge in [0.2, 0.25) is 5.91 Å². The maximum absolute atomic E-state index is 11.9. The minimum Gasteiger partial charge on any atom is -0.466 e. The molecule has 0 unspecified atom stereocenters. The predicted molar refractivity (Wildman–Crippen MR) is 91.1 cm³/mol. The van der Waals surface area contributed by atoms with Crippen molar-refractivity contribution in [2.45, 2.75) is 13.3 Å². The maximum atomic E-state index is 11.9. The van der Waals surface area contributed by atoms with E-state index >= 15 is 0 Å². The number of hydrogen-bond donors (Lipinski definition) is 2. The lowest BCUT2D eigenvalue weighted by Crippen LogP contribution is -2.18. The van der Waals surface area contributed by atoms with Gasteiger partial charge in [0.1, 0.15) is 6.42 Å². The molecule has 5 nitrogen and oxygen atoms in total. The number of carbonyl (C=O) groups excluding carboxylic acids is 2. The molecular formula is C17H17ClN2O3. The molecule has 120 valence electrons. The molecule has 0 atom stereocenters. The number of nitrogens with one attached hydrogen (secondary N) is 2. The van der Waals surface area contributed by atoms with Crippen LogP contribution in [0.2, 0.25) is 5.02 Å². The number of anilines is 3. The number of halogens is 1. The van der Waals surface area contributed by atoms with Gasteiger partial charge in [0, 0.05) is 10.7 Å². The van der Waals surface area contributed by atoms with E-state index in [2.05, 4.69) is 10.6 Å². The third kappa shape index (κ3) is 5.30. The fraction of sp³-hybridized carbons (Fsp3) is 0.176. The van der Waals surface area contributed by atoms with Crippen molar-refractivity contribution in [1.29, 1.82) is 0 Å². The predicted octanol–water partition coefficient (Wildman–Crippen LogP) is 3.98. The van der Waals surface area contributed by atoms with Crippen molar-refractivity contribution in [3.63, 3.8) is 0 Å². The normalized spacial score (nSPS) is 10.0. The highest BCUT2D eigenvalue weighted by atomic mass is 35.5. The second-order valence-corrected chi connectivity index (χ2v) is 5.15. The Morgan fingerprint density at radius 1 is 1.09 bits per heavy atom. The summed E-state index contributed by atoms with van der Waals surface area (Å²) in [4.78, 5) is 23.3. The number of hydrogen-bond acceptors (Lipinski definition) is 4. The first-order chi connectivity index (χ1) is 11.1. The Kier molecular flexibility index (Phi) is 6.00. The van der Waals surface area contributed by atoms with Gasteiger partial charge in [-0.25, -0.2) is 0 Å². The number of benzene rings is 2. The van der Waals surface area contributed by atoms with Crippen LogP contribution in [0.3, 0.4) is 0 Å². The number of para-hydroxylation sites is 1. The fourth-order valence-electron chi connectivity index (χ4n) is 1.94. The van der Waals surface area contributed by atoms with Gasteiger partial charge in [-0.2, -0.15) is 0 Å². The standard InChI is InChI=1S/C17H17ClN2O3/c1-2-23-17(22)11-16(21)20-14-9-8-12(18)10-15(14)19-13-6-4-3-5-7-13/h3-10,19H,2,11H2,1H3,(H,20,21). The van der Waals surface area contributed by atoms with Gasteiger partial charge in [-0.1, -0.05) is 29.8 Å². The summed E-state index contributed by atoms with van der Waals surface area (Å²) < 4.78 is 4.76. The molecule has 0 aromatic heterocycles. The van der Waals surface area contributed by atoms with E-state index in [0.717, 1.165) is 5.69 Å². The van der Waals surface area contributed by atoms with Crippen LogP contribution in [-0.4, -0.2) is 18.5 Å². The lowest BCUT2D eigenvalue weighted by Gasteiger charge is -2.13. The van der Waals surface area contributed by atoms with E-state index < -0.39 is 11.9 Å². The first kappa shape index (κ1) is 16.8. The molecule has 0 radical (unpaired) electrons. The van der Waals surface area contributed by atoms with Crippen LogP contribution in [0.15, 0.2) is 48.5 Å². The largest absolute Gasteiger partial charge is 0.466 e. The molecule has 2 aromatic rings. The van der Waals surface area contributed by atoms with Crippen LogP contribution in [0.5, 0.6) is 0 Å². The van der Waals surface area contributed by atoms with E-state index in [1.807, 2.05) is 30.3 Å². The minimum absolute atomic E-state index is 0.244. The summed E-state index contributed by atoms with van der Waals surface area (Å²) >= 11 is 6.02. The molecule has 2 N–H and O–H groups in total. The van der Waals surface area contributed by atoms with Gasteiger partial charge in [-0.15, -0.1) is 0 Å². The Bertz CT molecular complexity index is 689. The molecule has 0 aliphatic carbocycles. The van der Waals surface area contributed by atoms with E-state index in [4.69, 9.17) is 16.3 Å². The highest BCUT2D eigenvalue weighted by Crippen LogP contribution is 2.28. The van der Waals surface area contributed by atoms with Crippen molar-refractivity contribution in [2.75, 3.05) is 17.2 Å². The smallest absolute Gasteiger partial charge is 0.315 e. The number of amides is 1. The summed E-state index contributed by atoms with van der Waals surface area (Å²) in [5, 5.41) is 6.40. The van der Waals surface area contributed by atoms with Crippen molar-refractivity contribution in [3.8, 4) is 0 Å². The van der Waals surface area contributed by atoms with Crippen LogP contribution >= 0.6 is 11.6 Å². The van der Waals surface area contributed by atoms with Gasteiger partial charge < -0.3 is 15.4 Å². The zero-order valence-electron chi connectivity index (χ0n) is 12.6. The highest BCUT2D eigenvalue weighted by molar-refractivity contribution is 6.31. The van der Waals surface area contributed by atoms with Crippen LogP contribution in [0.1, 0.15) is 13.3 Å². The van der Waals surface area contributed by atoms with Gasteiger partial charge >= 0.3 is 5.97 Å². The van der Waals surface area contributed by atoms with Gasteiger partial charge in [-0.3, -0.25) is 9.59 Å². The Morgan fingerprint density at radius 3 is 2.52 bits per heavy atom. The SMILES string of the molecule is CCOC(=O)CC(=O)Nc1ccc(Cl)cc1Nc1ccccc1. The number of ether oxygens (including phenoxy) is 1. The average Bonchev–Trinajstić information content (AvgIpc) is 2.51. The van der Waals surface area contributed by atoms with Crippen LogP contribution in [0.4, 0.5) is 17.1 Å². The molecule has 0 spiro atoms. The Balaban J connectivity index is 2.12. The monoisotopic (exact) mass is 332 g/mol. The van der Waals surface area contributed by atoms with E-state index in [-0.39, 0.29) is 13.0 Å². The third-order valence-corrected chi connectivity index (χ3v) is 3.15. The number of esters is 1. The summed E-state index contributed by atoms with van der Waals surface area (Å²) in [6, 6.07) is 14.5. The molecule has 0 aliphatic rings. The highest BCUT2D eigenvalue weighted by Gasteiger charge is 2.13. The quantitative estimate of drug-likeness (QED) is 0.620. The maximum Gasteiger partial charge on any atom is 0.315 e. The fourth-order valence-corrected chi connectivity index (χ4v) is 2.12. The van der Waals surface area contributed by atoms with Crippen molar-refractivity contribution >= 4 is 40.5 Å². The van der Waals surface area contributed by atoms with Crippen molar-refractivity contribution in [2.24, 2.45) is 0 Å². The molecule has 0 saturated carbocycles. The van der Waals surface area contributed by atoms with Gasteiger partial charge in [0.15, 0.2) is 0 Å². The molecule has 0 bridgehead atoms. The summed E-state index contributed by atoms with van der Waals surface area (Å²) in [5.41, 5.74) is 2.03. The molecule has 23 heavy (non-hydrogen) atoms. The second kappa shape index (κ2) is 8.19. The zero-order chi connectivity index (χ0) is 16.7. The molecule has 0 fully saturated rings. The van der Waals surface area contributed by atoms with E-state index in [0.29, 0.717) is 16.4 Å². The van der Waals surface area contributed by atoms with E-state index in [1.54, 1.807) is 25.1 Å². The minimum atomic E-state index is -0.559. The Hall–Kier alpha value is -2.53. The van der Waals surface area contributed by atoms with E-state index in [9.17, 15) is 9.59 Å². The molecule has 2 rings (SSSR count). The van der Waals surface area contributed by atoms with Crippen LogP contribution in [-0.2, 0) is 14.3 Å². The first-order valence-corrected chi connectivity index (χ1v) is 7.53. The van der Waals surface area contributed by atoms with E-state index in [1.165, 1.54) is 0 Å². The zero-order valence-corrected chi connectivity index (χ0v) is 13.4. The second-order valence-electron chi connectivity index (χ2n) is 4.71. The summed E-state index contributed by atoms with van der Waals surface area (Å²) in [6.07, 6.45) is -0.332. The topological polar surface area (TPSA) is 67.4 Å². The summed E-state index contributed by atoms with van der Waals surface area (Å²) in [6.45, 7) is 1.94. The molecule has 0 aliphatic heterocycles. The molecule has 1 amide bonds. The summed E-state index contributed by atoms with van der Waals surface area (Å²) in [5.74, 6) is -1.00. The molecule has 6 heteroatoms. The number of rotatable bonds is 6. The first-order valence-electron chi connectivity index (χ1n) is 7.15. The Morgan fingerprint density at radius 2 is 1.83 bits per heavy atom.